The molecule has 1 amide bonds. The van der Waals surface area contributed by atoms with Crippen molar-refractivity contribution in [3.05, 3.63) is 29.6 Å². The number of carbonyl (C=O) groups excluding carboxylic acids is 1. The Bertz CT molecular complexity index is 716. The van der Waals surface area contributed by atoms with Gasteiger partial charge in [0.1, 0.15) is 23.9 Å². The number of aliphatic hydroxyl groups excluding tert-OH is 2. The van der Waals surface area contributed by atoms with E-state index in [2.05, 4.69) is 10.6 Å². The molecule has 2 saturated heterocycles. The number of carbonyl (C=O) groups is 1. The summed E-state index contributed by atoms with van der Waals surface area (Å²) in [6.07, 6.45) is 0.555. The molecule has 0 aromatic heterocycles. The first-order valence-corrected chi connectivity index (χ1v) is 10.3. The Morgan fingerprint density at radius 2 is 1.90 bits per heavy atom. The highest BCUT2D eigenvalue weighted by Crippen LogP contribution is 2.32. The molecule has 3 atom stereocenters. The zero-order valence-corrected chi connectivity index (χ0v) is 17.3. The average molecular weight is 410 g/mol. The predicted octanol–water partition coefficient (Wildman–Crippen LogP) is 2.74. The molecule has 2 heterocycles. The molecule has 0 bridgehead atoms. The molecule has 162 valence electrons. The van der Waals surface area contributed by atoms with Gasteiger partial charge in [0, 0.05) is 18.8 Å². The van der Waals surface area contributed by atoms with Crippen molar-refractivity contribution in [2.24, 2.45) is 0 Å². The number of rotatable bonds is 3. The quantitative estimate of drug-likeness (QED) is 0.613. The number of amides is 1. The molecule has 7 nitrogen and oxygen atoms in total. The van der Waals surface area contributed by atoms with Crippen LogP contribution in [0.3, 0.4) is 0 Å². The van der Waals surface area contributed by atoms with Gasteiger partial charge < -0.3 is 25.2 Å². The number of hydrogen-bond donors (Lipinski definition) is 4. The van der Waals surface area contributed by atoms with Crippen LogP contribution in [0, 0.1) is 5.82 Å². The number of piperidine rings is 2. The Balaban J connectivity index is 1.56. The van der Waals surface area contributed by atoms with E-state index in [0.717, 1.165) is 0 Å². The van der Waals surface area contributed by atoms with Gasteiger partial charge in [-0.2, -0.15) is 0 Å². The second-order valence-corrected chi connectivity index (χ2v) is 8.93. The molecule has 8 heteroatoms. The minimum atomic E-state index is -0.890. The summed E-state index contributed by atoms with van der Waals surface area (Å²) >= 11 is 0. The fourth-order valence-electron chi connectivity index (χ4n) is 3.90. The lowest BCUT2D eigenvalue weighted by atomic mass is 9.89. The van der Waals surface area contributed by atoms with Gasteiger partial charge in [-0.3, -0.25) is 5.32 Å². The van der Waals surface area contributed by atoms with E-state index in [4.69, 9.17) is 4.74 Å². The Morgan fingerprint density at radius 1 is 1.21 bits per heavy atom. The maximum absolute atomic E-state index is 14.8. The zero-order chi connectivity index (χ0) is 21.2. The maximum atomic E-state index is 14.8. The van der Waals surface area contributed by atoms with E-state index >= 15 is 0 Å². The van der Waals surface area contributed by atoms with Crippen molar-refractivity contribution in [3.63, 3.8) is 0 Å². The van der Waals surface area contributed by atoms with E-state index in [1.54, 1.807) is 11.0 Å². The van der Waals surface area contributed by atoms with Crippen molar-refractivity contribution in [1.29, 1.82) is 0 Å². The zero-order valence-electron chi connectivity index (χ0n) is 17.3. The van der Waals surface area contributed by atoms with Gasteiger partial charge in [-0.15, -0.1) is 0 Å². The van der Waals surface area contributed by atoms with Crippen LogP contribution in [-0.4, -0.2) is 58.4 Å². The summed E-state index contributed by atoms with van der Waals surface area (Å²) in [4.78, 5) is 13.9. The number of likely N-dealkylation sites (tertiary alicyclic amines) is 1. The van der Waals surface area contributed by atoms with Crippen LogP contribution in [0.2, 0.25) is 0 Å². The SMILES string of the molecule is CC(C)(C)OC(=O)N1CCC(c2ccc(N[C@H]3CC[C@H](O)N[C@H]3O)cc2F)CC1. The summed E-state index contributed by atoms with van der Waals surface area (Å²) in [5, 5.41) is 25.3. The standard InChI is InChI=1S/C21H32FN3O4/c1-21(2,3)29-20(28)25-10-8-13(9-11-25)15-5-4-14(12-16(15)22)23-17-6-7-18(26)24-19(17)27/h4-5,12-13,17-19,23-24,26-27H,6-11H2,1-3H3/t17-,18-,19-/m0/s1. The van der Waals surface area contributed by atoms with Crippen molar-refractivity contribution >= 4 is 11.8 Å². The van der Waals surface area contributed by atoms with Crippen molar-refractivity contribution in [2.45, 2.75) is 76.5 Å². The molecule has 0 spiro atoms. The molecule has 0 radical (unpaired) electrons. The summed E-state index contributed by atoms with van der Waals surface area (Å²) in [5.41, 5.74) is 0.722. The van der Waals surface area contributed by atoms with E-state index in [0.29, 0.717) is 50.0 Å². The second kappa shape index (κ2) is 8.85. The summed E-state index contributed by atoms with van der Waals surface area (Å²) in [5.74, 6) is -0.233. The highest BCUT2D eigenvalue weighted by molar-refractivity contribution is 5.68. The number of aliphatic hydroxyl groups is 2. The van der Waals surface area contributed by atoms with Crippen LogP contribution in [0.4, 0.5) is 14.9 Å². The summed E-state index contributed by atoms with van der Waals surface area (Å²) in [7, 11) is 0. The van der Waals surface area contributed by atoms with Crippen LogP contribution in [0.1, 0.15) is 57.9 Å². The normalized spacial score (nSPS) is 26.3. The predicted molar refractivity (Wildman–Crippen MR) is 108 cm³/mol. The minimum absolute atomic E-state index is 0.0554. The van der Waals surface area contributed by atoms with Crippen LogP contribution < -0.4 is 10.6 Å². The Hall–Kier alpha value is -1.90. The Labute approximate surface area is 171 Å². The number of hydrogen-bond acceptors (Lipinski definition) is 6. The highest BCUT2D eigenvalue weighted by Gasteiger charge is 2.30. The van der Waals surface area contributed by atoms with Gasteiger partial charge in [0.2, 0.25) is 0 Å². The first-order chi connectivity index (χ1) is 13.6. The molecular formula is C21H32FN3O4. The summed E-state index contributed by atoms with van der Waals surface area (Å²) < 4.78 is 20.2. The van der Waals surface area contributed by atoms with Gasteiger partial charge >= 0.3 is 6.09 Å². The topological polar surface area (TPSA) is 94.1 Å². The van der Waals surface area contributed by atoms with Gasteiger partial charge in [-0.1, -0.05) is 6.07 Å². The van der Waals surface area contributed by atoms with Gasteiger partial charge in [0.25, 0.3) is 0 Å². The third kappa shape index (κ3) is 5.81. The molecule has 0 aliphatic carbocycles. The smallest absolute Gasteiger partial charge is 0.410 e. The highest BCUT2D eigenvalue weighted by atomic mass is 19.1. The van der Waals surface area contributed by atoms with Crippen LogP contribution >= 0.6 is 0 Å². The van der Waals surface area contributed by atoms with E-state index in [-0.39, 0.29) is 23.9 Å². The number of nitrogens with one attached hydrogen (secondary N) is 2. The summed E-state index contributed by atoms with van der Waals surface area (Å²) in [6, 6.07) is 4.76. The van der Waals surface area contributed by atoms with Gasteiger partial charge in [-0.25, -0.2) is 9.18 Å². The van der Waals surface area contributed by atoms with Crippen molar-refractivity contribution in [3.8, 4) is 0 Å². The first-order valence-electron chi connectivity index (χ1n) is 10.3. The Morgan fingerprint density at radius 3 is 2.48 bits per heavy atom. The number of nitrogens with zero attached hydrogens (tertiary/aromatic N) is 1. The lowest BCUT2D eigenvalue weighted by molar-refractivity contribution is -0.00341. The molecule has 3 rings (SSSR count). The van der Waals surface area contributed by atoms with Gasteiger partial charge in [0.15, 0.2) is 0 Å². The molecular weight excluding hydrogens is 377 g/mol. The van der Waals surface area contributed by atoms with Crippen LogP contribution in [0.5, 0.6) is 0 Å². The second-order valence-electron chi connectivity index (χ2n) is 8.93. The molecule has 2 aliphatic heterocycles. The van der Waals surface area contributed by atoms with E-state index in [9.17, 15) is 19.4 Å². The Kier molecular flexibility index (Phi) is 6.65. The van der Waals surface area contributed by atoms with Crippen LogP contribution in [-0.2, 0) is 4.74 Å². The molecule has 1 aromatic rings. The molecule has 1 aromatic carbocycles. The average Bonchev–Trinajstić information content (AvgIpc) is 2.63. The van der Waals surface area contributed by atoms with Crippen LogP contribution in [0.25, 0.3) is 0 Å². The number of halogens is 1. The molecule has 2 fully saturated rings. The molecule has 4 N–H and O–H groups in total. The fourth-order valence-corrected chi connectivity index (χ4v) is 3.90. The van der Waals surface area contributed by atoms with E-state index in [1.807, 2.05) is 26.8 Å². The third-order valence-electron chi connectivity index (χ3n) is 5.43. The third-order valence-corrected chi connectivity index (χ3v) is 5.43. The number of ether oxygens (including phenoxy) is 1. The maximum Gasteiger partial charge on any atom is 0.410 e. The first kappa shape index (κ1) is 21.8. The van der Waals surface area contributed by atoms with Crippen molar-refractivity contribution in [2.75, 3.05) is 18.4 Å². The van der Waals surface area contributed by atoms with E-state index < -0.39 is 18.1 Å². The molecule has 2 aliphatic rings. The van der Waals surface area contributed by atoms with E-state index in [1.165, 1.54) is 6.07 Å². The number of benzene rings is 1. The summed E-state index contributed by atoms with van der Waals surface area (Å²) in [6.45, 7) is 6.61. The largest absolute Gasteiger partial charge is 0.444 e. The molecule has 0 unspecified atom stereocenters. The lowest BCUT2D eigenvalue weighted by Gasteiger charge is -2.34. The lowest BCUT2D eigenvalue weighted by Crippen LogP contribution is -2.53. The minimum Gasteiger partial charge on any atom is -0.444 e. The molecule has 0 saturated carbocycles. The van der Waals surface area contributed by atoms with Crippen molar-refractivity contribution in [1.82, 2.24) is 10.2 Å². The molecule has 29 heavy (non-hydrogen) atoms. The van der Waals surface area contributed by atoms with Gasteiger partial charge in [-0.05, 0) is 70.1 Å². The van der Waals surface area contributed by atoms with Crippen molar-refractivity contribution < 1.29 is 24.1 Å². The van der Waals surface area contributed by atoms with Crippen LogP contribution in [0.15, 0.2) is 18.2 Å². The number of anilines is 1. The van der Waals surface area contributed by atoms with Gasteiger partial charge in [0.05, 0.1) is 6.04 Å². The monoisotopic (exact) mass is 409 g/mol. The fraction of sp³-hybridized carbons (Fsp3) is 0.667.